The summed E-state index contributed by atoms with van der Waals surface area (Å²) >= 11 is 5.62. The fourth-order valence-electron chi connectivity index (χ4n) is 1.40. The Morgan fingerprint density at radius 3 is 2.56 bits per heavy atom. The van der Waals surface area contributed by atoms with Gasteiger partial charge in [0.25, 0.3) is 0 Å². The van der Waals surface area contributed by atoms with Crippen molar-refractivity contribution in [3.05, 3.63) is 35.4 Å². The number of carbonyl (C=O) groups excluding carboxylic acids is 1. The lowest BCUT2D eigenvalue weighted by atomic mass is 10.1. The summed E-state index contributed by atoms with van der Waals surface area (Å²) in [5, 5.41) is 2.84. The number of hydrogen-bond acceptors (Lipinski definition) is 1. The minimum Gasteiger partial charge on any atom is -0.352 e. The van der Waals surface area contributed by atoms with E-state index in [-0.39, 0.29) is 11.9 Å². The van der Waals surface area contributed by atoms with Crippen LogP contribution in [0.3, 0.4) is 0 Å². The van der Waals surface area contributed by atoms with Crippen LogP contribution in [0.5, 0.6) is 0 Å². The SMILES string of the molecule is Cc1ccc(CCC(=O)NC(C)CCl)cc1. The van der Waals surface area contributed by atoms with Gasteiger partial charge in [0.1, 0.15) is 0 Å². The zero-order valence-electron chi connectivity index (χ0n) is 9.79. The molecule has 0 radical (unpaired) electrons. The third-order valence-corrected chi connectivity index (χ3v) is 2.86. The Morgan fingerprint density at radius 2 is 2.00 bits per heavy atom. The van der Waals surface area contributed by atoms with Gasteiger partial charge in [0, 0.05) is 18.3 Å². The fourth-order valence-corrected chi connectivity index (χ4v) is 1.48. The second kappa shape index (κ2) is 6.54. The molecule has 1 aromatic carbocycles. The first-order chi connectivity index (χ1) is 7.61. The van der Waals surface area contributed by atoms with Gasteiger partial charge in [-0.1, -0.05) is 29.8 Å². The molecule has 0 saturated carbocycles. The number of hydrogen-bond donors (Lipinski definition) is 1. The Balaban J connectivity index is 2.34. The number of amides is 1. The summed E-state index contributed by atoms with van der Waals surface area (Å²) in [7, 11) is 0. The first-order valence-corrected chi connectivity index (χ1v) is 6.06. The van der Waals surface area contributed by atoms with E-state index in [2.05, 4.69) is 36.5 Å². The molecule has 1 amide bonds. The molecule has 0 saturated heterocycles. The Morgan fingerprint density at radius 1 is 1.38 bits per heavy atom. The molecule has 1 aromatic rings. The van der Waals surface area contributed by atoms with E-state index in [0.717, 1.165) is 6.42 Å². The Hall–Kier alpha value is -1.02. The van der Waals surface area contributed by atoms with Crippen LogP contribution >= 0.6 is 11.6 Å². The minimum absolute atomic E-state index is 0.0483. The van der Waals surface area contributed by atoms with Crippen LogP contribution in [0, 0.1) is 6.92 Å². The molecule has 1 atom stereocenters. The summed E-state index contributed by atoms with van der Waals surface area (Å²) in [4.78, 5) is 11.5. The first kappa shape index (κ1) is 13.0. The molecule has 0 aliphatic carbocycles. The van der Waals surface area contributed by atoms with Crippen molar-refractivity contribution in [2.75, 3.05) is 5.88 Å². The normalized spacial score (nSPS) is 12.2. The molecule has 2 nitrogen and oxygen atoms in total. The fraction of sp³-hybridized carbons (Fsp3) is 0.462. The van der Waals surface area contributed by atoms with Gasteiger partial charge >= 0.3 is 0 Å². The van der Waals surface area contributed by atoms with Crippen molar-refractivity contribution in [1.29, 1.82) is 0 Å². The topological polar surface area (TPSA) is 29.1 Å². The molecule has 0 heterocycles. The van der Waals surface area contributed by atoms with Gasteiger partial charge in [0.05, 0.1) is 0 Å². The van der Waals surface area contributed by atoms with Crippen LogP contribution in [0.4, 0.5) is 0 Å². The number of alkyl halides is 1. The van der Waals surface area contributed by atoms with E-state index in [4.69, 9.17) is 11.6 Å². The van der Waals surface area contributed by atoms with E-state index in [1.807, 2.05) is 6.92 Å². The lowest BCUT2D eigenvalue weighted by Gasteiger charge is -2.10. The Kier molecular flexibility index (Phi) is 5.33. The molecule has 0 aromatic heterocycles. The molecule has 88 valence electrons. The zero-order valence-corrected chi connectivity index (χ0v) is 10.6. The molecule has 0 bridgehead atoms. The van der Waals surface area contributed by atoms with Gasteiger partial charge in [-0.25, -0.2) is 0 Å². The third kappa shape index (κ3) is 4.67. The standard InChI is InChI=1S/C13H18ClNO/c1-10-3-5-12(6-4-10)7-8-13(16)15-11(2)9-14/h3-6,11H,7-9H2,1-2H3,(H,15,16). The van der Waals surface area contributed by atoms with Crippen molar-refractivity contribution in [2.24, 2.45) is 0 Å². The Bertz CT molecular complexity index is 334. The lowest BCUT2D eigenvalue weighted by molar-refractivity contribution is -0.121. The molecule has 0 aliphatic heterocycles. The summed E-state index contributed by atoms with van der Waals surface area (Å²) in [6, 6.07) is 8.30. The highest BCUT2D eigenvalue weighted by atomic mass is 35.5. The summed E-state index contributed by atoms with van der Waals surface area (Å²) < 4.78 is 0. The van der Waals surface area contributed by atoms with Crippen LogP contribution in [0.25, 0.3) is 0 Å². The Labute approximate surface area is 102 Å². The van der Waals surface area contributed by atoms with Gasteiger partial charge in [-0.15, -0.1) is 11.6 Å². The van der Waals surface area contributed by atoms with Crippen molar-refractivity contribution in [3.8, 4) is 0 Å². The van der Waals surface area contributed by atoms with E-state index < -0.39 is 0 Å². The maximum atomic E-state index is 11.5. The van der Waals surface area contributed by atoms with Crippen molar-refractivity contribution in [2.45, 2.75) is 32.7 Å². The number of nitrogens with one attached hydrogen (secondary N) is 1. The van der Waals surface area contributed by atoms with Gasteiger partial charge in [0.2, 0.25) is 5.91 Å². The van der Waals surface area contributed by atoms with E-state index in [1.165, 1.54) is 11.1 Å². The third-order valence-electron chi connectivity index (χ3n) is 2.40. The first-order valence-electron chi connectivity index (χ1n) is 5.52. The highest BCUT2D eigenvalue weighted by molar-refractivity contribution is 6.18. The van der Waals surface area contributed by atoms with Gasteiger partial charge in [-0.05, 0) is 25.8 Å². The van der Waals surface area contributed by atoms with Gasteiger partial charge in [0.15, 0.2) is 0 Å². The molecule has 1 N–H and O–H groups in total. The highest BCUT2D eigenvalue weighted by Gasteiger charge is 2.05. The summed E-state index contributed by atoms with van der Waals surface area (Å²) in [5.41, 5.74) is 2.43. The smallest absolute Gasteiger partial charge is 0.220 e. The second-order valence-electron chi connectivity index (χ2n) is 4.11. The average Bonchev–Trinajstić information content (AvgIpc) is 2.28. The number of aryl methyl sites for hydroxylation is 2. The van der Waals surface area contributed by atoms with Crippen LogP contribution in [-0.2, 0) is 11.2 Å². The summed E-state index contributed by atoms with van der Waals surface area (Å²) in [6.07, 6.45) is 1.30. The molecule has 1 rings (SSSR count). The lowest BCUT2D eigenvalue weighted by Crippen LogP contribution is -2.33. The van der Waals surface area contributed by atoms with E-state index >= 15 is 0 Å². The number of benzene rings is 1. The largest absolute Gasteiger partial charge is 0.352 e. The molecule has 1 unspecified atom stereocenters. The molecule has 3 heteroatoms. The van der Waals surface area contributed by atoms with Crippen LogP contribution in [0.1, 0.15) is 24.5 Å². The predicted molar refractivity (Wildman–Crippen MR) is 67.8 cm³/mol. The maximum Gasteiger partial charge on any atom is 0.220 e. The van der Waals surface area contributed by atoms with Crippen molar-refractivity contribution in [3.63, 3.8) is 0 Å². The number of rotatable bonds is 5. The van der Waals surface area contributed by atoms with Gasteiger partial charge in [-0.3, -0.25) is 4.79 Å². The average molecular weight is 240 g/mol. The van der Waals surface area contributed by atoms with Crippen LogP contribution in [0.2, 0.25) is 0 Å². The minimum atomic E-state index is 0.0483. The number of halogens is 1. The molecule has 16 heavy (non-hydrogen) atoms. The van der Waals surface area contributed by atoms with Crippen molar-refractivity contribution >= 4 is 17.5 Å². The van der Waals surface area contributed by atoms with Crippen LogP contribution in [0.15, 0.2) is 24.3 Å². The molecule has 0 aliphatic rings. The van der Waals surface area contributed by atoms with E-state index in [1.54, 1.807) is 0 Å². The summed E-state index contributed by atoms with van der Waals surface area (Å²) in [5.74, 6) is 0.518. The van der Waals surface area contributed by atoms with Crippen molar-refractivity contribution in [1.82, 2.24) is 5.32 Å². The molecule has 0 fully saturated rings. The molecular weight excluding hydrogens is 222 g/mol. The summed E-state index contributed by atoms with van der Waals surface area (Å²) in [6.45, 7) is 3.95. The second-order valence-corrected chi connectivity index (χ2v) is 4.42. The van der Waals surface area contributed by atoms with E-state index in [9.17, 15) is 4.79 Å². The predicted octanol–water partition coefficient (Wildman–Crippen LogP) is 2.67. The van der Waals surface area contributed by atoms with Gasteiger partial charge in [-0.2, -0.15) is 0 Å². The maximum absolute atomic E-state index is 11.5. The molecular formula is C13H18ClNO. The monoisotopic (exact) mass is 239 g/mol. The van der Waals surface area contributed by atoms with Gasteiger partial charge < -0.3 is 5.32 Å². The van der Waals surface area contributed by atoms with E-state index in [0.29, 0.717) is 12.3 Å². The van der Waals surface area contributed by atoms with Crippen LogP contribution < -0.4 is 5.32 Å². The quantitative estimate of drug-likeness (QED) is 0.787. The molecule has 0 spiro atoms. The highest BCUT2D eigenvalue weighted by Crippen LogP contribution is 2.05. The van der Waals surface area contributed by atoms with Crippen molar-refractivity contribution < 1.29 is 4.79 Å². The zero-order chi connectivity index (χ0) is 12.0. The number of carbonyl (C=O) groups is 1. The van der Waals surface area contributed by atoms with Crippen LogP contribution in [-0.4, -0.2) is 17.8 Å².